The first-order valence-electron chi connectivity index (χ1n) is 34.3. The summed E-state index contributed by atoms with van der Waals surface area (Å²) in [6, 6.07) is 1.63. The highest BCUT2D eigenvalue weighted by atomic mass is 19.5. The number of halogens is 54. The van der Waals surface area contributed by atoms with Gasteiger partial charge in [0.25, 0.3) is 0 Å². The molecule has 0 amide bonds. The van der Waals surface area contributed by atoms with Crippen LogP contribution in [0.2, 0.25) is 0 Å². The minimum Gasteiger partial charge on any atom is -0.385 e. The minimum atomic E-state index is -8.65. The van der Waals surface area contributed by atoms with Crippen LogP contribution in [0.25, 0.3) is 0 Å². The molecule has 0 aromatic heterocycles. The fourth-order valence-corrected chi connectivity index (χ4v) is 12.4. The molecule has 746 valence electrons. The second-order valence-corrected chi connectivity index (χ2v) is 29.8. The summed E-state index contributed by atoms with van der Waals surface area (Å²) in [5, 5.41) is 35.3. The summed E-state index contributed by atoms with van der Waals surface area (Å²) in [4.78, 5) is 0.882. The average Bonchev–Trinajstić information content (AvgIpc) is 0.705. The van der Waals surface area contributed by atoms with Crippen molar-refractivity contribution in [2.24, 2.45) is 16.7 Å². The molecule has 0 fully saturated rings. The molecular formula is C65H55F54N7O3. The summed E-state index contributed by atoms with van der Waals surface area (Å²) < 4.78 is 795. The molecule has 0 heterocycles. The smallest absolute Gasteiger partial charge is 0.385 e. The summed E-state index contributed by atoms with van der Waals surface area (Å²) in [6.07, 6.45) is -58.7. The number of hydrogen-bond acceptors (Lipinski definition) is 10. The lowest BCUT2D eigenvalue weighted by atomic mass is 9.70. The number of nitrogens with one attached hydrogen (secondary N) is 3. The van der Waals surface area contributed by atoms with Crippen LogP contribution >= 0.6 is 0 Å². The molecular weight excluding hydrogens is 1950 g/mol. The van der Waals surface area contributed by atoms with Crippen LogP contribution in [0.5, 0.6) is 0 Å². The lowest BCUT2D eigenvalue weighted by Crippen LogP contribution is -2.67. The van der Waals surface area contributed by atoms with Crippen LogP contribution < -0.4 is 16.0 Å². The van der Waals surface area contributed by atoms with Crippen LogP contribution in [0.3, 0.4) is 0 Å². The Morgan fingerprint density at radius 3 is 0.659 bits per heavy atom. The van der Waals surface area contributed by atoms with Gasteiger partial charge < -0.3 is 30.2 Å². The molecule has 3 aliphatic carbocycles. The fraction of sp³-hybridized carbons (Fsp3) is 0.769. The molecule has 3 N–H and O–H groups in total. The van der Waals surface area contributed by atoms with Crippen molar-refractivity contribution in [2.45, 2.75) is 217 Å². The number of nitrogens with zero attached hydrogens (tertiary/aromatic N) is 4. The fourth-order valence-electron chi connectivity index (χ4n) is 12.4. The Morgan fingerprint density at radius 2 is 0.465 bits per heavy atom. The van der Waals surface area contributed by atoms with Crippen molar-refractivity contribution in [3.8, 4) is 18.2 Å². The lowest BCUT2D eigenvalue weighted by Gasteiger charge is -2.43. The Hall–Kier alpha value is -7.63. The number of rotatable bonds is 39. The van der Waals surface area contributed by atoms with Gasteiger partial charge >= 0.3 is 144 Å². The molecule has 1 atom stereocenters. The molecule has 0 aromatic rings. The highest BCUT2D eigenvalue weighted by Crippen LogP contribution is 2.70. The van der Waals surface area contributed by atoms with E-state index in [4.69, 9.17) is 14.2 Å². The summed E-state index contributed by atoms with van der Waals surface area (Å²) >= 11 is 0. The lowest BCUT2D eigenvalue weighted by molar-refractivity contribution is -0.407. The molecule has 1 unspecified atom stereocenters. The Morgan fingerprint density at radius 1 is 0.279 bits per heavy atom. The van der Waals surface area contributed by atoms with Crippen molar-refractivity contribution in [3.63, 3.8) is 0 Å². The van der Waals surface area contributed by atoms with Crippen molar-refractivity contribution in [3.05, 3.63) is 67.2 Å². The molecule has 0 bridgehead atoms. The van der Waals surface area contributed by atoms with Crippen LogP contribution in [-0.4, -0.2) is 227 Å². The Labute approximate surface area is 685 Å². The van der Waals surface area contributed by atoms with Gasteiger partial charge in [-0.15, -0.1) is 0 Å². The molecule has 0 radical (unpaired) electrons. The van der Waals surface area contributed by atoms with Gasteiger partial charge in [0.05, 0.1) is 73.1 Å². The van der Waals surface area contributed by atoms with Gasteiger partial charge in [-0.1, -0.05) is 34.6 Å². The van der Waals surface area contributed by atoms with Crippen LogP contribution in [-0.2, 0) is 14.2 Å². The van der Waals surface area contributed by atoms with Gasteiger partial charge in [-0.3, -0.25) is 4.90 Å². The van der Waals surface area contributed by atoms with E-state index in [-0.39, 0.29) is 0 Å². The maximum atomic E-state index is 15.9. The average molecular weight is 2010 g/mol. The number of nitriles is 3. The van der Waals surface area contributed by atoms with Gasteiger partial charge in [0.15, 0.2) is 0 Å². The predicted molar refractivity (Wildman–Crippen MR) is 322 cm³/mol. The molecule has 10 nitrogen and oxygen atoms in total. The third kappa shape index (κ3) is 20.4. The largest absolute Gasteiger partial charge is 0.460 e. The molecule has 0 spiro atoms. The number of alkyl halides is 54. The van der Waals surface area contributed by atoms with Crippen molar-refractivity contribution in [2.75, 3.05) is 78.9 Å². The van der Waals surface area contributed by atoms with Gasteiger partial charge in [-0.25, -0.2) is 0 Å². The van der Waals surface area contributed by atoms with E-state index in [1.807, 2.05) is 16.0 Å². The first-order chi connectivity index (χ1) is 56.8. The number of hydrogen-bond donors (Lipinski definition) is 3. The van der Waals surface area contributed by atoms with Gasteiger partial charge in [-0.2, -0.15) is 253 Å². The van der Waals surface area contributed by atoms with Crippen molar-refractivity contribution in [1.82, 2.24) is 20.9 Å². The molecule has 64 heteroatoms. The van der Waals surface area contributed by atoms with Crippen molar-refractivity contribution < 1.29 is 251 Å². The topological polar surface area (TPSA) is 138 Å². The van der Waals surface area contributed by atoms with E-state index in [0.29, 0.717) is 52.8 Å². The molecule has 0 aromatic carbocycles. The standard InChI is InChI=1S/C65H55F54N7O3/c1-27-18-28(37(42(66,67)48(78,79)54(90,91)60(102,103)104)43(68,69)49(80,81)55(92,93)61(105,106)107)31(24-120)34(19-27)123-6-12-127-15-9-126(10-16-128-13-7-124-35-22-40(2,3)20-29(32(35)25-121)38(44(70,71)50(82,83)56(94,95)62(108,109)110)45(72,73)51(84,85)57(96,97)63(111,112)113)11-17-129-14-8-125-36-23-41(4,5)21-30(33(36)26-122)39(46(74,75)52(86,87)58(98,99)64(114,115)116)47(76,77)53(88,89)59(100,101)65(117,118)119/h27,123-125H,6-23H2,1-5H3. The van der Waals surface area contributed by atoms with Crippen LogP contribution in [0.4, 0.5) is 237 Å². The Bertz CT molecular complexity index is 3990. The predicted octanol–water partition coefficient (Wildman–Crippen LogP) is 23.2. The maximum Gasteiger partial charge on any atom is 0.460 e. The van der Waals surface area contributed by atoms with E-state index in [9.17, 15) is 165 Å². The van der Waals surface area contributed by atoms with Crippen molar-refractivity contribution >= 4 is 0 Å². The summed E-state index contributed by atoms with van der Waals surface area (Å²) in [5.74, 6) is -155. The monoisotopic (exact) mass is 2010 g/mol. The highest BCUT2D eigenvalue weighted by Gasteiger charge is 2.94. The Kier molecular flexibility index (Phi) is 32.5. The number of ether oxygens (including phenoxy) is 3. The zero-order chi connectivity index (χ0) is 102. The molecule has 129 heavy (non-hydrogen) atoms. The molecule has 0 aliphatic heterocycles. The summed E-state index contributed by atoms with van der Waals surface area (Å²) in [5.41, 5.74) is -40.4. The van der Waals surface area contributed by atoms with Crippen LogP contribution in [0.1, 0.15) is 73.1 Å². The third-order valence-electron chi connectivity index (χ3n) is 18.9. The second-order valence-electron chi connectivity index (χ2n) is 29.8. The molecule has 0 saturated heterocycles. The van der Waals surface area contributed by atoms with Gasteiger partial charge in [0.1, 0.15) is 18.2 Å². The van der Waals surface area contributed by atoms with Crippen LogP contribution in [0, 0.1) is 50.7 Å². The van der Waals surface area contributed by atoms with Gasteiger partial charge in [-0.05, 0) is 72.0 Å². The SMILES string of the molecule is CC1CC(NCCOCCN(CCOCCNC2=C(C#N)C(=C(C(F)(F)C(F)(F)C(F)(F)C(F)(F)F)C(F)(F)C(F)(F)C(F)(F)C(F)(F)F)CC(C)(C)C2)CCOCCNC2=C(C#N)C(=C(C(F)(F)C(F)(F)C(F)(F)C(F)(F)F)C(F)(F)C(F)(F)C(F)(F)C(F)(F)F)CC(C)(C)C2)=C(C#N)C(=C(C(F)(F)C(F)(F)C(F)(F)C(F)(F)F)C(F)(F)C(F)(F)C(F)(F)C(F)(F)F)C1. The van der Waals surface area contributed by atoms with E-state index < -0.39 is 345 Å². The zero-order valence-corrected chi connectivity index (χ0v) is 63.7. The van der Waals surface area contributed by atoms with Gasteiger partial charge in [0.2, 0.25) is 0 Å². The molecule has 0 saturated carbocycles. The maximum absolute atomic E-state index is 15.9. The van der Waals surface area contributed by atoms with E-state index in [1.165, 1.54) is 0 Å². The quantitative estimate of drug-likeness (QED) is 0.0403. The van der Waals surface area contributed by atoms with E-state index in [2.05, 4.69) is 0 Å². The molecule has 3 rings (SSSR count). The first kappa shape index (κ1) is 116. The van der Waals surface area contributed by atoms with E-state index in [1.54, 1.807) is 0 Å². The third-order valence-corrected chi connectivity index (χ3v) is 18.9. The minimum absolute atomic E-state index is 0.498. The molecule has 3 aliphatic rings. The van der Waals surface area contributed by atoms with E-state index in [0.717, 1.165) is 4.90 Å². The normalized spacial score (nSPS) is 18.6. The number of allylic oxidation sites excluding steroid dienone is 12. The van der Waals surface area contributed by atoms with Crippen molar-refractivity contribution in [1.29, 1.82) is 15.8 Å². The van der Waals surface area contributed by atoms with E-state index >= 15 is 87.8 Å². The van der Waals surface area contributed by atoms with Crippen LogP contribution in [0.15, 0.2) is 67.2 Å². The zero-order valence-electron chi connectivity index (χ0n) is 63.7. The summed E-state index contributed by atoms with van der Waals surface area (Å²) in [6.45, 7) is -9.83. The Balaban J connectivity index is 2.28. The first-order valence-corrected chi connectivity index (χ1v) is 34.3. The highest BCUT2D eigenvalue weighted by molar-refractivity contribution is 5.58. The summed E-state index contributed by atoms with van der Waals surface area (Å²) in [7, 11) is 0. The van der Waals surface area contributed by atoms with Gasteiger partial charge in [0, 0.05) is 56.4 Å². The second kappa shape index (κ2) is 36.3.